The highest BCUT2D eigenvalue weighted by molar-refractivity contribution is 6.33. The van der Waals surface area contributed by atoms with Crippen LogP contribution in [-0.4, -0.2) is 60.4 Å². The molecule has 7 heteroatoms. The van der Waals surface area contributed by atoms with Crippen molar-refractivity contribution in [3.05, 3.63) is 59.6 Å². The molecule has 0 radical (unpaired) electrons. The summed E-state index contributed by atoms with van der Waals surface area (Å²) < 4.78 is 5.87. The third-order valence-corrected chi connectivity index (χ3v) is 5.20. The summed E-state index contributed by atoms with van der Waals surface area (Å²) in [6.45, 7) is 4.65. The minimum absolute atomic E-state index is 0.00322. The third-order valence-electron chi connectivity index (χ3n) is 4.87. The summed E-state index contributed by atoms with van der Waals surface area (Å²) in [4.78, 5) is 29.0. The molecule has 154 valence electrons. The number of ether oxygens (including phenoxy) is 1. The van der Waals surface area contributed by atoms with Crippen LogP contribution in [0.25, 0.3) is 0 Å². The molecule has 2 amide bonds. The molecule has 1 heterocycles. The summed E-state index contributed by atoms with van der Waals surface area (Å²) in [5.74, 6) is 0.579. The van der Waals surface area contributed by atoms with Crippen LogP contribution in [0.1, 0.15) is 13.3 Å². The van der Waals surface area contributed by atoms with Crippen LogP contribution in [0.5, 0.6) is 5.75 Å². The van der Waals surface area contributed by atoms with Gasteiger partial charge in [0.05, 0.1) is 17.3 Å². The standard InChI is InChI=1S/C22H26ClN3O3/c1-2-20(29-17-8-4-3-5-9-17)22(28)26-14-12-25(13-15-26)16-21(27)24-19-11-7-6-10-18(19)23/h3-11,20H,2,12-16H2,1H3,(H,24,27)/t20-/m0/s1. The fourth-order valence-electron chi connectivity index (χ4n) is 3.26. The smallest absolute Gasteiger partial charge is 0.263 e. The van der Waals surface area contributed by atoms with E-state index < -0.39 is 6.10 Å². The van der Waals surface area contributed by atoms with Gasteiger partial charge in [-0.05, 0) is 30.7 Å². The van der Waals surface area contributed by atoms with Gasteiger partial charge >= 0.3 is 0 Å². The first-order chi connectivity index (χ1) is 14.1. The van der Waals surface area contributed by atoms with Crippen molar-refractivity contribution in [3.8, 4) is 5.75 Å². The molecule has 3 rings (SSSR count). The molecular weight excluding hydrogens is 390 g/mol. The molecule has 6 nitrogen and oxygen atoms in total. The number of anilines is 1. The lowest BCUT2D eigenvalue weighted by molar-refractivity contribution is -0.140. The first-order valence-electron chi connectivity index (χ1n) is 9.84. The van der Waals surface area contributed by atoms with Crippen molar-refractivity contribution in [2.45, 2.75) is 19.4 Å². The van der Waals surface area contributed by atoms with Crippen LogP contribution in [0.2, 0.25) is 5.02 Å². The number of hydrogen-bond donors (Lipinski definition) is 1. The van der Waals surface area contributed by atoms with Gasteiger partial charge < -0.3 is 15.0 Å². The Hall–Kier alpha value is -2.57. The predicted octanol–water partition coefficient (Wildman–Crippen LogP) is 3.28. The Morgan fingerprint density at radius 3 is 2.34 bits per heavy atom. The van der Waals surface area contributed by atoms with Gasteiger partial charge in [0, 0.05) is 26.2 Å². The summed E-state index contributed by atoms with van der Waals surface area (Å²) in [6, 6.07) is 16.6. The molecule has 1 N–H and O–H groups in total. The van der Waals surface area contributed by atoms with Gasteiger partial charge in [-0.25, -0.2) is 0 Å². The monoisotopic (exact) mass is 415 g/mol. The fourth-order valence-corrected chi connectivity index (χ4v) is 3.44. The average molecular weight is 416 g/mol. The molecule has 1 aliphatic rings. The highest BCUT2D eigenvalue weighted by Crippen LogP contribution is 2.20. The zero-order valence-electron chi connectivity index (χ0n) is 16.5. The van der Waals surface area contributed by atoms with E-state index in [4.69, 9.17) is 16.3 Å². The van der Waals surface area contributed by atoms with Crippen LogP contribution in [0.4, 0.5) is 5.69 Å². The summed E-state index contributed by atoms with van der Waals surface area (Å²) in [5.41, 5.74) is 0.608. The molecule has 1 saturated heterocycles. The first kappa shape index (κ1) is 21.1. The molecule has 1 fully saturated rings. The van der Waals surface area contributed by atoms with Crippen molar-refractivity contribution < 1.29 is 14.3 Å². The largest absolute Gasteiger partial charge is 0.481 e. The number of hydrogen-bond acceptors (Lipinski definition) is 4. The summed E-state index contributed by atoms with van der Waals surface area (Å²) in [6.07, 6.45) is 0.112. The molecule has 1 aliphatic heterocycles. The lowest BCUT2D eigenvalue weighted by Gasteiger charge is -2.35. The quantitative estimate of drug-likeness (QED) is 0.753. The Morgan fingerprint density at radius 2 is 1.69 bits per heavy atom. The van der Waals surface area contributed by atoms with Gasteiger partial charge in [0.15, 0.2) is 6.10 Å². The number of halogens is 1. The van der Waals surface area contributed by atoms with Gasteiger partial charge in [-0.2, -0.15) is 0 Å². The van der Waals surface area contributed by atoms with Crippen molar-refractivity contribution >= 4 is 29.1 Å². The van der Waals surface area contributed by atoms with Crippen LogP contribution in [0.15, 0.2) is 54.6 Å². The van der Waals surface area contributed by atoms with Crippen LogP contribution in [-0.2, 0) is 9.59 Å². The number of nitrogens with zero attached hydrogens (tertiary/aromatic N) is 2. The maximum atomic E-state index is 12.8. The second-order valence-electron chi connectivity index (χ2n) is 6.96. The van der Waals surface area contributed by atoms with Crippen LogP contribution in [0, 0.1) is 0 Å². The molecule has 0 unspecified atom stereocenters. The Kier molecular flexibility index (Phi) is 7.49. The Balaban J connectivity index is 1.47. The fraction of sp³-hybridized carbons (Fsp3) is 0.364. The minimum Gasteiger partial charge on any atom is -0.481 e. The molecule has 2 aromatic carbocycles. The van der Waals surface area contributed by atoms with Crippen molar-refractivity contribution in [3.63, 3.8) is 0 Å². The van der Waals surface area contributed by atoms with E-state index in [1.165, 1.54) is 0 Å². The number of carbonyl (C=O) groups is 2. The first-order valence-corrected chi connectivity index (χ1v) is 10.2. The topological polar surface area (TPSA) is 61.9 Å². The van der Waals surface area contributed by atoms with Crippen LogP contribution >= 0.6 is 11.6 Å². The van der Waals surface area contributed by atoms with E-state index >= 15 is 0 Å². The van der Waals surface area contributed by atoms with E-state index in [0.29, 0.717) is 49.1 Å². The van der Waals surface area contributed by atoms with Crippen LogP contribution < -0.4 is 10.1 Å². The number of rotatable bonds is 7. The van der Waals surface area contributed by atoms with Gasteiger partial charge in [-0.15, -0.1) is 0 Å². The molecule has 1 atom stereocenters. The number of nitrogens with one attached hydrogen (secondary N) is 1. The molecule has 0 aromatic heterocycles. The highest BCUT2D eigenvalue weighted by Gasteiger charge is 2.28. The molecule has 0 aliphatic carbocycles. The van der Waals surface area contributed by atoms with Crippen molar-refractivity contribution in [2.75, 3.05) is 38.0 Å². The van der Waals surface area contributed by atoms with Gasteiger partial charge in [-0.1, -0.05) is 48.9 Å². The van der Waals surface area contributed by atoms with Gasteiger partial charge in [0.25, 0.3) is 5.91 Å². The van der Waals surface area contributed by atoms with Gasteiger partial charge in [0.2, 0.25) is 5.91 Å². The second-order valence-corrected chi connectivity index (χ2v) is 7.36. The van der Waals surface area contributed by atoms with E-state index in [-0.39, 0.29) is 18.4 Å². The van der Waals surface area contributed by atoms with E-state index in [1.807, 2.05) is 59.2 Å². The highest BCUT2D eigenvalue weighted by atomic mass is 35.5. The predicted molar refractivity (Wildman–Crippen MR) is 114 cm³/mol. The Bertz CT molecular complexity index is 823. The molecular formula is C22H26ClN3O3. The molecule has 0 bridgehead atoms. The summed E-state index contributed by atoms with van der Waals surface area (Å²) >= 11 is 6.08. The lowest BCUT2D eigenvalue weighted by atomic mass is 10.2. The van der Waals surface area contributed by atoms with E-state index in [0.717, 1.165) is 0 Å². The maximum Gasteiger partial charge on any atom is 0.263 e. The molecule has 0 spiro atoms. The van der Waals surface area contributed by atoms with Crippen LogP contribution in [0.3, 0.4) is 0 Å². The summed E-state index contributed by atoms with van der Waals surface area (Å²) in [7, 11) is 0. The Labute approximate surface area is 176 Å². The van der Waals surface area contributed by atoms with E-state index in [9.17, 15) is 9.59 Å². The second kappa shape index (κ2) is 10.3. The molecule has 0 saturated carbocycles. The van der Waals surface area contributed by atoms with Gasteiger partial charge in [-0.3, -0.25) is 14.5 Å². The maximum absolute atomic E-state index is 12.8. The SMILES string of the molecule is CC[C@H](Oc1ccccc1)C(=O)N1CCN(CC(=O)Nc2ccccc2Cl)CC1. The number of carbonyl (C=O) groups excluding carboxylic acids is 2. The molecule has 2 aromatic rings. The molecule has 29 heavy (non-hydrogen) atoms. The number of para-hydroxylation sites is 2. The summed E-state index contributed by atoms with van der Waals surface area (Å²) in [5, 5.41) is 3.35. The van der Waals surface area contributed by atoms with Crippen molar-refractivity contribution in [2.24, 2.45) is 0 Å². The normalized spacial score (nSPS) is 15.6. The minimum atomic E-state index is -0.493. The van der Waals surface area contributed by atoms with Gasteiger partial charge in [0.1, 0.15) is 5.75 Å². The van der Waals surface area contributed by atoms with Crippen molar-refractivity contribution in [1.82, 2.24) is 9.80 Å². The number of benzene rings is 2. The number of piperazine rings is 1. The average Bonchev–Trinajstić information content (AvgIpc) is 2.74. The zero-order valence-corrected chi connectivity index (χ0v) is 17.3. The lowest BCUT2D eigenvalue weighted by Crippen LogP contribution is -2.53. The van der Waals surface area contributed by atoms with E-state index in [1.54, 1.807) is 12.1 Å². The third kappa shape index (κ3) is 5.95. The zero-order chi connectivity index (χ0) is 20.6. The van der Waals surface area contributed by atoms with Crippen molar-refractivity contribution in [1.29, 1.82) is 0 Å². The Morgan fingerprint density at radius 1 is 1.03 bits per heavy atom. The number of amides is 2. The van der Waals surface area contributed by atoms with E-state index in [2.05, 4.69) is 5.32 Å².